The largest absolute Gasteiger partial charge is 0.493 e. The molecule has 1 aromatic carbocycles. The van der Waals surface area contributed by atoms with Gasteiger partial charge in [-0.15, -0.1) is 0 Å². The molecule has 0 bridgehead atoms. The second-order valence-corrected chi connectivity index (χ2v) is 6.64. The van der Waals surface area contributed by atoms with Crippen molar-refractivity contribution in [2.45, 2.75) is 72.1 Å². The van der Waals surface area contributed by atoms with E-state index in [1.54, 1.807) is 13.0 Å². The summed E-state index contributed by atoms with van der Waals surface area (Å²) in [6.45, 7) is 7.95. The molecule has 0 spiro atoms. The highest BCUT2D eigenvalue weighted by Crippen LogP contribution is 2.25. The molecule has 0 fully saturated rings. The molecule has 0 aromatic heterocycles. The Hall–Kier alpha value is -1.97. The maximum Gasteiger partial charge on any atom is 0.330 e. The van der Waals surface area contributed by atoms with Crippen molar-refractivity contribution in [1.82, 2.24) is 0 Å². The number of hydrogen-bond donors (Lipinski definition) is 0. The third-order valence-corrected chi connectivity index (χ3v) is 4.13. The van der Waals surface area contributed by atoms with Crippen LogP contribution in [0, 0.1) is 0 Å². The lowest BCUT2D eigenvalue weighted by molar-refractivity contribution is -0.137. The minimum absolute atomic E-state index is 0.342. The van der Waals surface area contributed by atoms with Crippen LogP contribution in [0.1, 0.15) is 77.7 Å². The fourth-order valence-corrected chi connectivity index (χ4v) is 2.65. The van der Waals surface area contributed by atoms with Crippen molar-refractivity contribution >= 4 is 12.0 Å². The molecule has 0 aliphatic heterocycles. The fourth-order valence-electron chi connectivity index (χ4n) is 2.65. The molecule has 0 amide bonds. The van der Waals surface area contributed by atoms with E-state index in [1.165, 1.54) is 44.6 Å². The third-order valence-electron chi connectivity index (χ3n) is 4.13. The molecule has 0 heterocycles. The molecule has 4 heteroatoms. The summed E-state index contributed by atoms with van der Waals surface area (Å²) in [6.07, 6.45) is 12.5. The van der Waals surface area contributed by atoms with Gasteiger partial charge in [0.2, 0.25) is 0 Å². The Morgan fingerprint density at radius 3 is 1.85 bits per heavy atom. The number of benzene rings is 1. The summed E-state index contributed by atoms with van der Waals surface area (Å²) in [4.78, 5) is 11.6. The summed E-state index contributed by atoms with van der Waals surface area (Å²) < 4.78 is 16.7. The van der Waals surface area contributed by atoms with Gasteiger partial charge in [0.1, 0.15) is 11.5 Å². The van der Waals surface area contributed by atoms with E-state index >= 15 is 0 Å². The zero-order chi connectivity index (χ0) is 19.7. The first-order chi connectivity index (χ1) is 13.2. The van der Waals surface area contributed by atoms with Gasteiger partial charge >= 0.3 is 5.97 Å². The van der Waals surface area contributed by atoms with Crippen LogP contribution in [0.25, 0.3) is 6.08 Å². The predicted molar refractivity (Wildman–Crippen MR) is 111 cm³/mol. The van der Waals surface area contributed by atoms with E-state index in [1.807, 2.05) is 18.2 Å². The third kappa shape index (κ3) is 11.4. The lowest BCUT2D eigenvalue weighted by atomic mass is 10.1. The molecule has 1 rings (SSSR count). The van der Waals surface area contributed by atoms with E-state index in [4.69, 9.17) is 14.2 Å². The van der Waals surface area contributed by atoms with Gasteiger partial charge < -0.3 is 14.2 Å². The van der Waals surface area contributed by atoms with Crippen LogP contribution in [0.15, 0.2) is 24.3 Å². The number of esters is 1. The molecule has 0 aliphatic rings. The minimum Gasteiger partial charge on any atom is -0.493 e. The van der Waals surface area contributed by atoms with E-state index in [0.717, 1.165) is 29.9 Å². The molecule has 0 saturated carbocycles. The predicted octanol–water partition coefficient (Wildman–Crippen LogP) is 6.18. The van der Waals surface area contributed by atoms with Crippen molar-refractivity contribution in [3.63, 3.8) is 0 Å². The zero-order valence-corrected chi connectivity index (χ0v) is 17.3. The summed E-state index contributed by atoms with van der Waals surface area (Å²) in [5.41, 5.74) is 0.873. The van der Waals surface area contributed by atoms with E-state index in [0.29, 0.717) is 19.8 Å². The number of carbonyl (C=O) groups excluding carboxylic acids is 1. The number of rotatable bonds is 15. The molecular weight excluding hydrogens is 340 g/mol. The standard InChI is InChI=1S/C23H36O4/c1-4-7-9-11-15-26-21-17-20(13-14-23(24)25-6-3)18-22(19-21)27-16-12-10-8-5-2/h13-14,17-19H,4-12,15-16H2,1-3H3. The Labute approximate surface area is 164 Å². The minimum atomic E-state index is -0.342. The second-order valence-electron chi connectivity index (χ2n) is 6.64. The number of unbranched alkanes of at least 4 members (excludes halogenated alkanes) is 6. The van der Waals surface area contributed by atoms with Crippen molar-refractivity contribution in [1.29, 1.82) is 0 Å². The highest BCUT2D eigenvalue weighted by molar-refractivity contribution is 5.87. The van der Waals surface area contributed by atoms with E-state index < -0.39 is 0 Å². The Morgan fingerprint density at radius 1 is 0.815 bits per heavy atom. The van der Waals surface area contributed by atoms with E-state index in [9.17, 15) is 4.79 Å². The monoisotopic (exact) mass is 376 g/mol. The fraction of sp³-hybridized carbons (Fsp3) is 0.609. The van der Waals surface area contributed by atoms with Gasteiger partial charge in [0.15, 0.2) is 0 Å². The van der Waals surface area contributed by atoms with Crippen LogP contribution >= 0.6 is 0 Å². The molecule has 0 aliphatic carbocycles. The molecule has 0 saturated heterocycles. The molecule has 0 radical (unpaired) electrons. The first-order valence-corrected chi connectivity index (χ1v) is 10.4. The second kappa shape index (κ2) is 15.1. The van der Waals surface area contributed by atoms with Crippen LogP contribution in [0.4, 0.5) is 0 Å². The van der Waals surface area contributed by atoms with Gasteiger partial charge in [0.25, 0.3) is 0 Å². The quantitative estimate of drug-likeness (QED) is 0.208. The lowest BCUT2D eigenvalue weighted by Crippen LogP contribution is -2.01. The summed E-state index contributed by atoms with van der Waals surface area (Å²) in [5.74, 6) is 1.22. The van der Waals surface area contributed by atoms with Crippen LogP contribution in [0.3, 0.4) is 0 Å². The van der Waals surface area contributed by atoms with Crippen LogP contribution in [-0.4, -0.2) is 25.8 Å². The maximum absolute atomic E-state index is 11.6. The number of hydrogen-bond acceptors (Lipinski definition) is 4. The SMILES string of the molecule is CCCCCCOc1cc(C=CC(=O)OCC)cc(OCCCCCC)c1. The van der Waals surface area contributed by atoms with Gasteiger partial charge in [-0.3, -0.25) is 0 Å². The van der Waals surface area contributed by atoms with E-state index in [2.05, 4.69) is 13.8 Å². The number of carbonyl (C=O) groups is 1. The van der Waals surface area contributed by atoms with Crippen molar-refractivity contribution < 1.29 is 19.0 Å². The first kappa shape index (κ1) is 23.1. The van der Waals surface area contributed by atoms with Gasteiger partial charge in [-0.1, -0.05) is 52.4 Å². The topological polar surface area (TPSA) is 44.8 Å². The summed E-state index contributed by atoms with van der Waals surface area (Å²) in [5, 5.41) is 0. The smallest absolute Gasteiger partial charge is 0.330 e. The van der Waals surface area contributed by atoms with Gasteiger partial charge in [-0.25, -0.2) is 4.79 Å². The van der Waals surface area contributed by atoms with Gasteiger partial charge in [0.05, 0.1) is 19.8 Å². The molecular formula is C23H36O4. The highest BCUT2D eigenvalue weighted by atomic mass is 16.5. The molecule has 0 atom stereocenters. The van der Waals surface area contributed by atoms with Crippen LogP contribution in [-0.2, 0) is 9.53 Å². The Morgan fingerprint density at radius 2 is 1.37 bits per heavy atom. The number of ether oxygens (including phenoxy) is 3. The normalized spacial score (nSPS) is 10.9. The van der Waals surface area contributed by atoms with Crippen LogP contribution < -0.4 is 9.47 Å². The first-order valence-electron chi connectivity index (χ1n) is 10.4. The molecule has 27 heavy (non-hydrogen) atoms. The average molecular weight is 377 g/mol. The van der Waals surface area contributed by atoms with Crippen molar-refractivity contribution in [3.05, 3.63) is 29.8 Å². The summed E-state index contributed by atoms with van der Waals surface area (Å²) >= 11 is 0. The van der Waals surface area contributed by atoms with Crippen molar-refractivity contribution in [3.8, 4) is 11.5 Å². The zero-order valence-electron chi connectivity index (χ0n) is 17.3. The maximum atomic E-state index is 11.6. The molecule has 0 N–H and O–H groups in total. The summed E-state index contributed by atoms with van der Waals surface area (Å²) in [7, 11) is 0. The molecule has 0 unspecified atom stereocenters. The average Bonchev–Trinajstić information content (AvgIpc) is 2.66. The van der Waals surface area contributed by atoms with Gasteiger partial charge in [0, 0.05) is 12.1 Å². The van der Waals surface area contributed by atoms with Gasteiger partial charge in [-0.2, -0.15) is 0 Å². The van der Waals surface area contributed by atoms with Gasteiger partial charge in [-0.05, 0) is 43.5 Å². The Balaban J connectivity index is 2.69. The Bertz CT molecular complexity index is 519. The van der Waals surface area contributed by atoms with Crippen molar-refractivity contribution in [2.24, 2.45) is 0 Å². The van der Waals surface area contributed by atoms with Crippen LogP contribution in [0.2, 0.25) is 0 Å². The lowest BCUT2D eigenvalue weighted by Gasteiger charge is -2.11. The molecule has 152 valence electrons. The summed E-state index contributed by atoms with van der Waals surface area (Å²) in [6, 6.07) is 5.79. The molecule has 4 nitrogen and oxygen atoms in total. The highest BCUT2D eigenvalue weighted by Gasteiger charge is 2.04. The van der Waals surface area contributed by atoms with Crippen LogP contribution in [0.5, 0.6) is 11.5 Å². The molecule has 1 aromatic rings. The van der Waals surface area contributed by atoms with Crippen molar-refractivity contribution in [2.75, 3.05) is 19.8 Å². The Kier molecular flexibility index (Phi) is 12.9. The van der Waals surface area contributed by atoms with E-state index in [-0.39, 0.29) is 5.97 Å².